The van der Waals surface area contributed by atoms with Gasteiger partial charge >= 0.3 is 0 Å². The van der Waals surface area contributed by atoms with E-state index in [-0.39, 0.29) is 0 Å². The van der Waals surface area contributed by atoms with Crippen LogP contribution in [0, 0.1) is 0 Å². The van der Waals surface area contributed by atoms with E-state index in [0.29, 0.717) is 16.7 Å². The zero-order valence-electron chi connectivity index (χ0n) is 12.1. The molecule has 0 saturated carbocycles. The molecule has 0 aliphatic rings. The number of hydrogen-bond acceptors (Lipinski definition) is 4. The number of pyridine rings is 1. The summed E-state index contributed by atoms with van der Waals surface area (Å²) in [5.74, 6) is 0.852. The summed E-state index contributed by atoms with van der Waals surface area (Å²) in [6.45, 7) is 4.20. The first-order chi connectivity index (χ1) is 10.1. The minimum atomic E-state index is 0.304. The van der Waals surface area contributed by atoms with Gasteiger partial charge in [-0.25, -0.2) is 0 Å². The highest BCUT2D eigenvalue weighted by Gasteiger charge is 2.18. The Morgan fingerprint density at radius 2 is 2.10 bits per heavy atom. The van der Waals surface area contributed by atoms with E-state index in [9.17, 15) is 0 Å². The summed E-state index contributed by atoms with van der Waals surface area (Å²) in [5, 5.41) is 5.52. The molecule has 0 saturated heterocycles. The van der Waals surface area contributed by atoms with Crippen LogP contribution >= 0.6 is 11.6 Å². The van der Waals surface area contributed by atoms with Crippen LogP contribution in [-0.2, 0) is 0 Å². The molecule has 2 heterocycles. The van der Waals surface area contributed by atoms with Gasteiger partial charge in [0.05, 0.1) is 23.8 Å². The van der Waals surface area contributed by atoms with Crippen LogP contribution in [0.4, 0.5) is 0 Å². The van der Waals surface area contributed by atoms with Crippen LogP contribution in [-0.4, -0.2) is 17.3 Å². The quantitative estimate of drug-likeness (QED) is 0.705. The fraction of sp³-hybridized carbons (Fsp3) is 0.250. The minimum absolute atomic E-state index is 0.304. The Balaban J connectivity index is 2.35. The number of aromatic nitrogens is 2. The van der Waals surface area contributed by atoms with Crippen molar-refractivity contribution >= 4 is 22.5 Å². The lowest BCUT2D eigenvalue weighted by molar-refractivity contribution is 0.414. The third-order valence-corrected chi connectivity index (χ3v) is 3.87. The molecular weight excluding hydrogens is 288 g/mol. The second-order valence-corrected chi connectivity index (χ2v) is 5.49. The number of rotatable bonds is 3. The maximum atomic E-state index is 6.47. The Morgan fingerprint density at radius 3 is 2.81 bits per heavy atom. The predicted molar refractivity (Wildman–Crippen MR) is 82.9 cm³/mol. The number of hydrogen-bond donors (Lipinski definition) is 0. The van der Waals surface area contributed by atoms with Crippen molar-refractivity contribution in [3.63, 3.8) is 0 Å². The van der Waals surface area contributed by atoms with E-state index in [1.165, 1.54) is 0 Å². The summed E-state index contributed by atoms with van der Waals surface area (Å²) in [6, 6.07) is 5.82. The smallest absolute Gasteiger partial charge is 0.156 e. The molecule has 0 atom stereocenters. The molecule has 0 radical (unpaired) electrons. The lowest BCUT2D eigenvalue weighted by Gasteiger charge is -2.10. The van der Waals surface area contributed by atoms with E-state index in [1.807, 2.05) is 18.2 Å². The van der Waals surface area contributed by atoms with Crippen molar-refractivity contribution in [2.75, 3.05) is 7.11 Å². The third-order valence-electron chi connectivity index (χ3n) is 3.49. The van der Waals surface area contributed by atoms with Gasteiger partial charge in [0.25, 0.3) is 0 Å². The van der Waals surface area contributed by atoms with E-state index in [0.717, 1.165) is 27.7 Å². The molecule has 0 bridgehead atoms. The maximum Gasteiger partial charge on any atom is 0.156 e. The van der Waals surface area contributed by atoms with Gasteiger partial charge in [-0.2, -0.15) is 0 Å². The van der Waals surface area contributed by atoms with Crippen LogP contribution in [0.3, 0.4) is 0 Å². The van der Waals surface area contributed by atoms with E-state index < -0.39 is 0 Å². The van der Waals surface area contributed by atoms with Crippen molar-refractivity contribution in [2.45, 2.75) is 19.8 Å². The van der Waals surface area contributed by atoms with Crippen molar-refractivity contribution in [1.82, 2.24) is 10.1 Å². The fourth-order valence-electron chi connectivity index (χ4n) is 2.38. The number of benzene rings is 1. The summed E-state index contributed by atoms with van der Waals surface area (Å²) in [5.41, 5.74) is 3.55. The Kier molecular flexibility index (Phi) is 3.55. The first kappa shape index (κ1) is 13.9. The van der Waals surface area contributed by atoms with Crippen LogP contribution in [0.1, 0.15) is 25.3 Å². The van der Waals surface area contributed by atoms with E-state index >= 15 is 0 Å². The second-order valence-electron chi connectivity index (χ2n) is 5.11. The van der Waals surface area contributed by atoms with Crippen molar-refractivity contribution in [3.8, 4) is 17.0 Å². The lowest BCUT2D eigenvalue weighted by atomic mass is 9.97. The Hall–Kier alpha value is -2.07. The first-order valence-electron chi connectivity index (χ1n) is 6.69. The highest BCUT2D eigenvalue weighted by molar-refractivity contribution is 6.37. The van der Waals surface area contributed by atoms with Crippen molar-refractivity contribution in [1.29, 1.82) is 0 Å². The van der Waals surface area contributed by atoms with Gasteiger partial charge in [0.15, 0.2) is 5.75 Å². The molecule has 1 aromatic carbocycles. The fourth-order valence-corrected chi connectivity index (χ4v) is 2.71. The predicted octanol–water partition coefficient (Wildman–Crippen LogP) is 4.68. The van der Waals surface area contributed by atoms with Gasteiger partial charge in [0.1, 0.15) is 12.0 Å². The molecule has 0 fully saturated rings. The Bertz CT molecular complexity index is 796. The molecule has 2 aromatic heterocycles. The average molecular weight is 303 g/mol. The SMILES string of the molecule is COc1cnc2cccc(-c3nocc3C(C)C)c2c1Cl. The number of methoxy groups -OCH3 is 1. The van der Waals surface area contributed by atoms with Gasteiger partial charge in [-0.1, -0.05) is 42.7 Å². The summed E-state index contributed by atoms with van der Waals surface area (Å²) in [4.78, 5) is 4.39. The van der Waals surface area contributed by atoms with Gasteiger partial charge in [-0.05, 0) is 12.0 Å². The van der Waals surface area contributed by atoms with Crippen molar-refractivity contribution < 1.29 is 9.26 Å². The number of fused-ring (bicyclic) bond motifs is 1. The molecule has 4 nitrogen and oxygen atoms in total. The molecule has 3 aromatic rings. The standard InChI is InChI=1S/C16H15ClN2O2/c1-9(2)11-8-21-19-16(11)10-5-4-6-12-14(10)15(17)13(20-3)7-18-12/h4-9H,1-3H3. The summed E-state index contributed by atoms with van der Waals surface area (Å²) in [6.07, 6.45) is 3.31. The number of nitrogens with zero attached hydrogens (tertiary/aromatic N) is 2. The van der Waals surface area contributed by atoms with Crippen LogP contribution in [0.5, 0.6) is 5.75 Å². The average Bonchev–Trinajstić information content (AvgIpc) is 2.96. The van der Waals surface area contributed by atoms with Crippen LogP contribution < -0.4 is 4.74 Å². The summed E-state index contributed by atoms with van der Waals surface area (Å²) < 4.78 is 10.4. The van der Waals surface area contributed by atoms with Crippen LogP contribution in [0.2, 0.25) is 5.02 Å². The lowest BCUT2D eigenvalue weighted by Crippen LogP contribution is -1.93. The molecule has 0 spiro atoms. The van der Waals surface area contributed by atoms with E-state index in [2.05, 4.69) is 24.0 Å². The van der Waals surface area contributed by atoms with E-state index in [1.54, 1.807) is 19.6 Å². The largest absolute Gasteiger partial charge is 0.494 e. The van der Waals surface area contributed by atoms with Gasteiger partial charge in [-0.3, -0.25) is 4.98 Å². The molecule has 0 unspecified atom stereocenters. The normalized spacial score (nSPS) is 11.3. The van der Waals surface area contributed by atoms with E-state index in [4.69, 9.17) is 20.9 Å². The molecule has 0 amide bonds. The molecule has 0 aliphatic heterocycles. The summed E-state index contributed by atoms with van der Waals surface area (Å²) in [7, 11) is 1.58. The van der Waals surface area contributed by atoms with Gasteiger partial charge in [0.2, 0.25) is 0 Å². The number of halogens is 1. The topological polar surface area (TPSA) is 48.2 Å². The van der Waals surface area contributed by atoms with Crippen molar-refractivity contribution in [2.24, 2.45) is 0 Å². The monoisotopic (exact) mass is 302 g/mol. The van der Waals surface area contributed by atoms with Crippen LogP contribution in [0.25, 0.3) is 22.2 Å². The Morgan fingerprint density at radius 1 is 1.29 bits per heavy atom. The maximum absolute atomic E-state index is 6.47. The Labute approximate surface area is 127 Å². The molecule has 0 N–H and O–H groups in total. The van der Waals surface area contributed by atoms with Crippen LogP contribution in [0.15, 0.2) is 35.2 Å². The molecule has 0 aliphatic carbocycles. The van der Waals surface area contributed by atoms with Gasteiger partial charge < -0.3 is 9.26 Å². The molecule has 3 rings (SSSR count). The number of ether oxygens (including phenoxy) is 1. The zero-order valence-corrected chi connectivity index (χ0v) is 12.8. The zero-order chi connectivity index (χ0) is 15.0. The minimum Gasteiger partial charge on any atom is -0.494 e. The van der Waals surface area contributed by atoms with Gasteiger partial charge in [-0.15, -0.1) is 0 Å². The highest BCUT2D eigenvalue weighted by Crippen LogP contribution is 2.39. The molecule has 21 heavy (non-hydrogen) atoms. The summed E-state index contributed by atoms with van der Waals surface area (Å²) >= 11 is 6.47. The molecular formula is C16H15ClN2O2. The highest BCUT2D eigenvalue weighted by atomic mass is 35.5. The van der Waals surface area contributed by atoms with Gasteiger partial charge in [0, 0.05) is 16.5 Å². The second kappa shape index (κ2) is 5.37. The van der Waals surface area contributed by atoms with Crippen molar-refractivity contribution in [3.05, 3.63) is 41.2 Å². The third kappa shape index (κ3) is 2.25. The first-order valence-corrected chi connectivity index (χ1v) is 7.07. The molecule has 5 heteroatoms. The molecule has 108 valence electrons.